The van der Waals surface area contributed by atoms with Gasteiger partial charge in [0.1, 0.15) is 4.99 Å². The van der Waals surface area contributed by atoms with Gasteiger partial charge in [-0.25, -0.2) is 4.79 Å². The third-order valence-electron chi connectivity index (χ3n) is 3.28. The average molecular weight is 308 g/mol. The van der Waals surface area contributed by atoms with Gasteiger partial charge in [-0.15, -0.1) is 0 Å². The summed E-state index contributed by atoms with van der Waals surface area (Å²) in [5, 5.41) is 0. The molecule has 0 aliphatic carbocycles. The fraction of sp³-hybridized carbons (Fsp3) is 0.357. The van der Waals surface area contributed by atoms with Gasteiger partial charge in [0.25, 0.3) is 5.91 Å². The van der Waals surface area contributed by atoms with Gasteiger partial charge in [-0.3, -0.25) is 4.79 Å². The van der Waals surface area contributed by atoms with Crippen molar-refractivity contribution in [2.24, 2.45) is 5.73 Å². The summed E-state index contributed by atoms with van der Waals surface area (Å²) in [6.45, 7) is 0.878. The molecule has 2 N–H and O–H groups in total. The molecule has 0 spiro atoms. The van der Waals surface area contributed by atoms with Crippen molar-refractivity contribution in [2.45, 2.75) is 6.04 Å². The van der Waals surface area contributed by atoms with E-state index in [0.717, 1.165) is 0 Å². The normalized spacial score (nSPS) is 18.1. The zero-order chi connectivity index (χ0) is 15.4. The smallest absolute Gasteiger partial charge is 0.331 e. The van der Waals surface area contributed by atoms with Gasteiger partial charge < -0.3 is 20.1 Å². The van der Waals surface area contributed by atoms with Crippen molar-refractivity contribution >= 4 is 29.1 Å². The van der Waals surface area contributed by atoms with E-state index in [1.165, 1.54) is 12.0 Å². The van der Waals surface area contributed by atoms with Gasteiger partial charge in [-0.2, -0.15) is 0 Å². The minimum absolute atomic E-state index is 0.142. The van der Waals surface area contributed by atoms with E-state index in [1.807, 2.05) is 0 Å². The van der Waals surface area contributed by atoms with Crippen LogP contribution in [0.2, 0.25) is 0 Å². The molecule has 1 amide bonds. The van der Waals surface area contributed by atoms with Crippen LogP contribution in [0.3, 0.4) is 0 Å². The summed E-state index contributed by atoms with van der Waals surface area (Å²) < 4.78 is 9.95. The number of benzene rings is 1. The lowest BCUT2D eigenvalue weighted by Gasteiger charge is -2.33. The molecule has 112 valence electrons. The van der Waals surface area contributed by atoms with Gasteiger partial charge >= 0.3 is 5.97 Å². The summed E-state index contributed by atoms with van der Waals surface area (Å²) in [4.78, 5) is 26.0. The number of morpholine rings is 1. The summed E-state index contributed by atoms with van der Waals surface area (Å²) in [5.74, 6) is -0.731. The minimum Gasteiger partial charge on any atom is -0.467 e. The maximum absolute atomic E-state index is 12.5. The molecular weight excluding hydrogens is 292 g/mol. The number of thiocarbonyl (C=S) groups is 1. The molecule has 1 aromatic rings. The van der Waals surface area contributed by atoms with Crippen molar-refractivity contribution < 1.29 is 19.1 Å². The Morgan fingerprint density at radius 1 is 1.33 bits per heavy atom. The molecule has 21 heavy (non-hydrogen) atoms. The SMILES string of the molecule is COC(=O)C1COCCN1C(=O)c1ccc(C(N)=S)cc1. The molecule has 0 radical (unpaired) electrons. The summed E-state index contributed by atoms with van der Waals surface area (Å²) in [6, 6.07) is 5.93. The molecule has 1 unspecified atom stereocenters. The quantitative estimate of drug-likeness (QED) is 0.640. The molecule has 1 aromatic carbocycles. The van der Waals surface area contributed by atoms with Crippen LogP contribution in [-0.4, -0.2) is 54.7 Å². The second-order valence-electron chi connectivity index (χ2n) is 4.55. The molecule has 0 saturated carbocycles. The van der Waals surface area contributed by atoms with Crippen LogP contribution in [0.25, 0.3) is 0 Å². The maximum atomic E-state index is 12.5. The molecule has 6 nitrogen and oxygen atoms in total. The first-order chi connectivity index (χ1) is 10.0. The van der Waals surface area contributed by atoms with Gasteiger partial charge in [0.2, 0.25) is 0 Å². The zero-order valence-corrected chi connectivity index (χ0v) is 12.4. The first-order valence-corrected chi connectivity index (χ1v) is 6.82. The fourth-order valence-corrected chi connectivity index (χ4v) is 2.26. The third-order valence-corrected chi connectivity index (χ3v) is 3.51. The van der Waals surface area contributed by atoms with Crippen LogP contribution in [-0.2, 0) is 14.3 Å². The highest BCUT2D eigenvalue weighted by atomic mass is 32.1. The monoisotopic (exact) mass is 308 g/mol. The number of rotatable bonds is 3. The standard InChI is InChI=1S/C14H16N2O4S/c1-19-14(18)11-8-20-7-6-16(11)13(17)10-4-2-9(3-5-10)12(15)21/h2-5,11H,6-8H2,1H3,(H2,15,21). The van der Waals surface area contributed by atoms with Gasteiger partial charge in [-0.1, -0.05) is 24.4 Å². The highest BCUT2D eigenvalue weighted by Crippen LogP contribution is 2.14. The number of carbonyl (C=O) groups excluding carboxylic acids is 2. The molecule has 1 atom stereocenters. The molecule has 1 heterocycles. The second kappa shape index (κ2) is 6.64. The Balaban J connectivity index is 2.20. The van der Waals surface area contributed by atoms with Crippen LogP contribution in [0, 0.1) is 0 Å². The Morgan fingerprint density at radius 3 is 2.52 bits per heavy atom. The van der Waals surface area contributed by atoms with Gasteiger partial charge in [-0.05, 0) is 12.1 Å². The van der Waals surface area contributed by atoms with Gasteiger partial charge in [0.05, 0.1) is 20.3 Å². The van der Waals surface area contributed by atoms with Crippen molar-refractivity contribution in [2.75, 3.05) is 26.9 Å². The lowest BCUT2D eigenvalue weighted by atomic mass is 10.1. The topological polar surface area (TPSA) is 81.9 Å². The van der Waals surface area contributed by atoms with Gasteiger partial charge in [0.15, 0.2) is 6.04 Å². The maximum Gasteiger partial charge on any atom is 0.331 e. The number of carbonyl (C=O) groups is 2. The van der Waals surface area contributed by atoms with Crippen molar-refractivity contribution in [3.05, 3.63) is 35.4 Å². The molecule has 1 aliphatic heterocycles. The minimum atomic E-state index is -0.716. The lowest BCUT2D eigenvalue weighted by Crippen LogP contribution is -2.53. The van der Waals surface area contributed by atoms with Crippen LogP contribution in [0.1, 0.15) is 15.9 Å². The lowest BCUT2D eigenvalue weighted by molar-refractivity contribution is -0.151. The summed E-state index contributed by atoms with van der Waals surface area (Å²) in [7, 11) is 1.29. The van der Waals surface area contributed by atoms with E-state index in [2.05, 4.69) is 0 Å². The number of ether oxygens (including phenoxy) is 2. The van der Waals surface area contributed by atoms with Crippen molar-refractivity contribution in [3.8, 4) is 0 Å². The van der Waals surface area contributed by atoms with E-state index < -0.39 is 12.0 Å². The van der Waals surface area contributed by atoms with Crippen LogP contribution < -0.4 is 5.73 Å². The number of methoxy groups -OCH3 is 1. The van der Waals surface area contributed by atoms with Gasteiger partial charge in [0, 0.05) is 17.7 Å². The average Bonchev–Trinajstić information content (AvgIpc) is 2.53. The predicted molar refractivity (Wildman–Crippen MR) is 80.0 cm³/mol. The molecule has 1 aliphatic rings. The Kier molecular flexibility index (Phi) is 4.87. The third kappa shape index (κ3) is 3.37. The largest absolute Gasteiger partial charge is 0.467 e. The molecule has 2 rings (SSSR count). The molecule has 1 fully saturated rings. The number of nitrogens with zero attached hydrogens (tertiary/aromatic N) is 1. The molecule has 7 heteroatoms. The Bertz CT molecular complexity index is 559. The molecule has 1 saturated heterocycles. The molecular formula is C14H16N2O4S. The predicted octanol–water partition coefficient (Wildman–Crippen LogP) is 0.335. The van der Waals surface area contributed by atoms with Crippen LogP contribution in [0.15, 0.2) is 24.3 Å². The van der Waals surface area contributed by atoms with E-state index in [0.29, 0.717) is 24.3 Å². The van der Waals surface area contributed by atoms with E-state index in [4.69, 9.17) is 27.4 Å². The highest BCUT2D eigenvalue weighted by molar-refractivity contribution is 7.80. The summed E-state index contributed by atoms with van der Waals surface area (Å²) >= 11 is 4.87. The first-order valence-electron chi connectivity index (χ1n) is 6.41. The van der Waals surface area contributed by atoms with E-state index in [-0.39, 0.29) is 17.5 Å². The summed E-state index contributed by atoms with van der Waals surface area (Å²) in [6.07, 6.45) is 0. The Morgan fingerprint density at radius 2 is 1.95 bits per heavy atom. The number of esters is 1. The molecule has 0 aromatic heterocycles. The number of amides is 1. The summed E-state index contributed by atoms with van der Waals surface area (Å²) in [5.41, 5.74) is 6.67. The number of hydrogen-bond acceptors (Lipinski definition) is 5. The Hall–Kier alpha value is -1.99. The highest BCUT2D eigenvalue weighted by Gasteiger charge is 2.34. The fourth-order valence-electron chi connectivity index (χ4n) is 2.12. The van der Waals surface area contributed by atoms with Crippen molar-refractivity contribution in [1.29, 1.82) is 0 Å². The second-order valence-corrected chi connectivity index (χ2v) is 4.99. The molecule has 0 bridgehead atoms. The van der Waals surface area contributed by atoms with E-state index in [1.54, 1.807) is 24.3 Å². The zero-order valence-electron chi connectivity index (χ0n) is 11.6. The Labute approximate surface area is 127 Å². The van der Waals surface area contributed by atoms with Crippen LogP contribution in [0.4, 0.5) is 0 Å². The van der Waals surface area contributed by atoms with Crippen LogP contribution in [0.5, 0.6) is 0 Å². The van der Waals surface area contributed by atoms with Crippen molar-refractivity contribution in [3.63, 3.8) is 0 Å². The number of nitrogens with two attached hydrogens (primary N) is 1. The number of hydrogen-bond donors (Lipinski definition) is 1. The van der Waals surface area contributed by atoms with Crippen molar-refractivity contribution in [1.82, 2.24) is 4.90 Å². The van der Waals surface area contributed by atoms with E-state index in [9.17, 15) is 9.59 Å². The van der Waals surface area contributed by atoms with Crippen LogP contribution >= 0.6 is 12.2 Å². The first kappa shape index (κ1) is 15.4. The van der Waals surface area contributed by atoms with E-state index >= 15 is 0 Å².